The number of hydrogen-bond donors (Lipinski definition) is 1. The van der Waals surface area contributed by atoms with Crippen LogP contribution in [0.3, 0.4) is 0 Å². The van der Waals surface area contributed by atoms with Gasteiger partial charge in [0.05, 0.1) is 0 Å². The van der Waals surface area contributed by atoms with Crippen LogP contribution in [0.25, 0.3) is 10.8 Å². The van der Waals surface area contributed by atoms with Gasteiger partial charge in [0, 0.05) is 17.0 Å². The number of hydrogen-bond acceptors (Lipinski definition) is 5. The Balaban J connectivity index is 2.03. The highest BCUT2D eigenvalue weighted by molar-refractivity contribution is 5.89. The van der Waals surface area contributed by atoms with Crippen LogP contribution in [0, 0.1) is 0 Å². The van der Waals surface area contributed by atoms with E-state index in [4.69, 9.17) is 15.0 Å². The van der Waals surface area contributed by atoms with Crippen molar-refractivity contribution in [1.82, 2.24) is 10.1 Å². The van der Waals surface area contributed by atoms with Crippen molar-refractivity contribution < 1.29 is 9.26 Å². The first-order chi connectivity index (χ1) is 9.75. The fraction of sp³-hybridized carbons (Fsp3) is 0.200. The molecule has 0 saturated carbocycles. The van der Waals surface area contributed by atoms with E-state index in [1.54, 1.807) is 0 Å². The Bertz CT molecular complexity index is 708. The van der Waals surface area contributed by atoms with Crippen LogP contribution < -0.4 is 10.5 Å². The summed E-state index contributed by atoms with van der Waals surface area (Å²) < 4.78 is 10.6. The smallest absolute Gasteiger partial charge is 0.213 e. The normalized spacial score (nSPS) is 12.5. The molecule has 2 N–H and O–H groups in total. The van der Waals surface area contributed by atoms with E-state index in [0.717, 1.165) is 22.1 Å². The highest BCUT2D eigenvalue weighted by atomic mass is 16.5. The summed E-state index contributed by atoms with van der Waals surface area (Å²) in [5, 5.41) is 5.89. The van der Waals surface area contributed by atoms with Crippen molar-refractivity contribution in [2.45, 2.75) is 19.6 Å². The first kappa shape index (κ1) is 12.6. The van der Waals surface area contributed by atoms with Crippen LogP contribution >= 0.6 is 0 Å². The maximum atomic E-state index is 6.02. The number of benzene rings is 2. The van der Waals surface area contributed by atoms with Gasteiger partial charge in [-0.25, -0.2) is 0 Å². The minimum Gasteiger partial charge on any atom is -0.484 e. The first-order valence-corrected chi connectivity index (χ1v) is 6.41. The molecule has 0 aliphatic heterocycles. The van der Waals surface area contributed by atoms with Gasteiger partial charge in [0.15, 0.2) is 6.61 Å². The summed E-state index contributed by atoms with van der Waals surface area (Å²) in [5.74, 6) is 1.29. The Morgan fingerprint density at radius 2 is 2.10 bits per heavy atom. The molecule has 0 bridgehead atoms. The second kappa shape index (κ2) is 5.30. The molecule has 5 heteroatoms. The standard InChI is InChI=1S/C15H15N3O2/c1-10(16)12-7-6-11-4-2-3-5-13(11)15(12)19-8-14-17-9-20-18-14/h2-7,9-10H,8,16H2,1H3. The molecular formula is C15H15N3O2. The van der Waals surface area contributed by atoms with Crippen LogP contribution in [0.2, 0.25) is 0 Å². The van der Waals surface area contributed by atoms with Crippen LogP contribution in [0.1, 0.15) is 24.4 Å². The van der Waals surface area contributed by atoms with E-state index in [1.165, 1.54) is 6.39 Å². The molecule has 0 aliphatic rings. The molecular weight excluding hydrogens is 254 g/mol. The van der Waals surface area contributed by atoms with E-state index in [0.29, 0.717) is 5.82 Å². The van der Waals surface area contributed by atoms with Gasteiger partial charge in [0.25, 0.3) is 0 Å². The molecule has 0 radical (unpaired) electrons. The van der Waals surface area contributed by atoms with Crippen molar-refractivity contribution in [3.63, 3.8) is 0 Å². The molecule has 1 aromatic heterocycles. The highest BCUT2D eigenvalue weighted by Gasteiger charge is 2.13. The zero-order valence-electron chi connectivity index (χ0n) is 11.1. The maximum Gasteiger partial charge on any atom is 0.213 e. The van der Waals surface area contributed by atoms with Crippen molar-refractivity contribution in [3.05, 3.63) is 54.2 Å². The van der Waals surface area contributed by atoms with E-state index in [2.05, 4.69) is 16.2 Å². The molecule has 1 heterocycles. The molecule has 0 amide bonds. The van der Waals surface area contributed by atoms with Gasteiger partial charge in [0.1, 0.15) is 5.75 Å². The molecule has 0 saturated heterocycles. The average Bonchev–Trinajstić information content (AvgIpc) is 2.97. The van der Waals surface area contributed by atoms with E-state index in [9.17, 15) is 0 Å². The molecule has 0 aliphatic carbocycles. The number of nitrogens with two attached hydrogens (primary N) is 1. The second-order valence-corrected chi connectivity index (χ2v) is 4.63. The molecule has 5 nitrogen and oxygen atoms in total. The molecule has 1 atom stereocenters. The van der Waals surface area contributed by atoms with Crippen LogP contribution in [0.5, 0.6) is 5.75 Å². The third kappa shape index (κ3) is 2.35. The zero-order valence-corrected chi connectivity index (χ0v) is 11.1. The summed E-state index contributed by atoms with van der Waals surface area (Å²) in [6.07, 6.45) is 1.29. The van der Waals surface area contributed by atoms with Gasteiger partial charge >= 0.3 is 0 Å². The molecule has 0 spiro atoms. The summed E-state index contributed by atoms with van der Waals surface area (Å²) in [4.78, 5) is 3.95. The number of ether oxygens (including phenoxy) is 1. The topological polar surface area (TPSA) is 74.2 Å². The molecule has 3 aromatic rings. The Labute approximate surface area is 116 Å². The van der Waals surface area contributed by atoms with Gasteiger partial charge < -0.3 is 15.0 Å². The molecule has 3 rings (SSSR count). The Kier molecular flexibility index (Phi) is 3.35. The minimum atomic E-state index is -0.111. The van der Waals surface area contributed by atoms with Crippen LogP contribution in [0.4, 0.5) is 0 Å². The van der Waals surface area contributed by atoms with Crippen molar-refractivity contribution in [2.75, 3.05) is 0 Å². The molecule has 1 unspecified atom stereocenters. The highest BCUT2D eigenvalue weighted by Crippen LogP contribution is 2.33. The number of fused-ring (bicyclic) bond motifs is 1. The molecule has 0 fully saturated rings. The van der Waals surface area contributed by atoms with Crippen LogP contribution in [0.15, 0.2) is 47.3 Å². The minimum absolute atomic E-state index is 0.111. The lowest BCUT2D eigenvalue weighted by atomic mass is 10.0. The van der Waals surface area contributed by atoms with Crippen LogP contribution in [-0.2, 0) is 6.61 Å². The first-order valence-electron chi connectivity index (χ1n) is 6.41. The summed E-state index contributed by atoms with van der Waals surface area (Å²) in [6, 6.07) is 12.0. The van der Waals surface area contributed by atoms with Gasteiger partial charge in [-0.05, 0) is 12.3 Å². The van der Waals surface area contributed by atoms with Crippen molar-refractivity contribution in [2.24, 2.45) is 5.73 Å². The van der Waals surface area contributed by atoms with E-state index in [-0.39, 0.29) is 12.6 Å². The number of nitrogens with zero attached hydrogens (tertiary/aromatic N) is 2. The lowest BCUT2D eigenvalue weighted by Gasteiger charge is -2.15. The lowest BCUT2D eigenvalue weighted by Crippen LogP contribution is -2.09. The van der Waals surface area contributed by atoms with Gasteiger partial charge in [-0.15, -0.1) is 0 Å². The molecule has 102 valence electrons. The Morgan fingerprint density at radius 1 is 1.25 bits per heavy atom. The number of rotatable bonds is 4. The van der Waals surface area contributed by atoms with Gasteiger partial charge in [-0.3, -0.25) is 0 Å². The zero-order chi connectivity index (χ0) is 13.9. The lowest BCUT2D eigenvalue weighted by molar-refractivity contribution is 0.286. The van der Waals surface area contributed by atoms with E-state index in [1.807, 2.05) is 37.3 Å². The summed E-state index contributed by atoms with van der Waals surface area (Å²) in [7, 11) is 0. The van der Waals surface area contributed by atoms with E-state index < -0.39 is 0 Å². The van der Waals surface area contributed by atoms with Crippen LogP contribution in [-0.4, -0.2) is 10.1 Å². The monoisotopic (exact) mass is 269 g/mol. The molecule has 2 aromatic carbocycles. The summed E-state index contributed by atoms with van der Waals surface area (Å²) in [5.41, 5.74) is 6.99. The third-order valence-corrected chi connectivity index (χ3v) is 3.15. The van der Waals surface area contributed by atoms with Gasteiger partial charge in [-0.2, -0.15) is 4.98 Å². The maximum absolute atomic E-state index is 6.02. The fourth-order valence-corrected chi connectivity index (χ4v) is 2.17. The van der Waals surface area contributed by atoms with Crippen molar-refractivity contribution in [3.8, 4) is 5.75 Å². The predicted octanol–water partition coefficient (Wildman–Crippen LogP) is 2.82. The quantitative estimate of drug-likeness (QED) is 0.788. The third-order valence-electron chi connectivity index (χ3n) is 3.15. The summed E-state index contributed by atoms with van der Waals surface area (Å²) in [6.45, 7) is 2.19. The largest absolute Gasteiger partial charge is 0.484 e. The van der Waals surface area contributed by atoms with Gasteiger partial charge in [0.2, 0.25) is 12.2 Å². The number of aromatic nitrogens is 2. The second-order valence-electron chi connectivity index (χ2n) is 4.63. The summed E-state index contributed by atoms with van der Waals surface area (Å²) >= 11 is 0. The SMILES string of the molecule is CC(N)c1ccc2ccccc2c1OCc1ncon1. The molecule has 20 heavy (non-hydrogen) atoms. The van der Waals surface area contributed by atoms with Gasteiger partial charge in [-0.1, -0.05) is 41.6 Å². The van der Waals surface area contributed by atoms with Crippen molar-refractivity contribution in [1.29, 1.82) is 0 Å². The Hall–Kier alpha value is -2.40. The van der Waals surface area contributed by atoms with Crippen molar-refractivity contribution >= 4 is 10.8 Å². The Morgan fingerprint density at radius 3 is 2.85 bits per heavy atom. The average molecular weight is 269 g/mol. The van der Waals surface area contributed by atoms with E-state index >= 15 is 0 Å². The predicted molar refractivity (Wildman–Crippen MR) is 75.2 cm³/mol. The fourth-order valence-electron chi connectivity index (χ4n) is 2.17.